The number of carbonyl (C=O) groups excluding carboxylic acids is 1. The van der Waals surface area contributed by atoms with E-state index >= 15 is 0 Å². The van der Waals surface area contributed by atoms with Gasteiger partial charge in [0, 0.05) is 6.04 Å². The summed E-state index contributed by atoms with van der Waals surface area (Å²) >= 11 is 0. The van der Waals surface area contributed by atoms with Crippen molar-refractivity contribution in [3.8, 4) is 0 Å². The SMILES string of the molecule is CC1(C(=O)NC(C)(C)C(C)(C)O)CCCC1N. The molecule has 100 valence electrons. The second-order valence-electron chi connectivity index (χ2n) is 6.55. The summed E-state index contributed by atoms with van der Waals surface area (Å²) in [6.45, 7) is 8.97. The van der Waals surface area contributed by atoms with Crippen molar-refractivity contribution in [2.45, 2.75) is 71.1 Å². The molecule has 1 fully saturated rings. The van der Waals surface area contributed by atoms with Gasteiger partial charge in [0.25, 0.3) is 0 Å². The number of carbonyl (C=O) groups is 1. The number of nitrogens with two attached hydrogens (primary N) is 1. The highest BCUT2D eigenvalue weighted by Crippen LogP contribution is 2.37. The number of nitrogens with one attached hydrogen (secondary N) is 1. The Morgan fingerprint density at radius 1 is 1.41 bits per heavy atom. The van der Waals surface area contributed by atoms with E-state index in [9.17, 15) is 9.90 Å². The second kappa shape index (κ2) is 4.25. The number of hydrogen-bond donors (Lipinski definition) is 3. The van der Waals surface area contributed by atoms with Gasteiger partial charge in [0.1, 0.15) is 0 Å². The average molecular weight is 242 g/mol. The fraction of sp³-hybridized carbons (Fsp3) is 0.923. The lowest BCUT2D eigenvalue weighted by atomic mass is 9.80. The van der Waals surface area contributed by atoms with Gasteiger partial charge < -0.3 is 16.2 Å². The Bertz CT molecular complexity index is 307. The minimum Gasteiger partial charge on any atom is -0.388 e. The molecule has 1 rings (SSSR count). The predicted octanol–water partition coefficient (Wildman–Crippen LogP) is 1.17. The molecule has 17 heavy (non-hydrogen) atoms. The highest BCUT2D eigenvalue weighted by Gasteiger charge is 2.46. The van der Waals surface area contributed by atoms with Crippen molar-refractivity contribution in [3.05, 3.63) is 0 Å². The van der Waals surface area contributed by atoms with E-state index < -0.39 is 16.6 Å². The summed E-state index contributed by atoms with van der Waals surface area (Å²) in [7, 11) is 0. The fourth-order valence-corrected chi connectivity index (χ4v) is 2.05. The van der Waals surface area contributed by atoms with E-state index in [-0.39, 0.29) is 11.9 Å². The van der Waals surface area contributed by atoms with E-state index in [4.69, 9.17) is 5.73 Å². The third kappa shape index (κ3) is 2.63. The second-order valence-corrected chi connectivity index (χ2v) is 6.55. The summed E-state index contributed by atoms with van der Waals surface area (Å²) in [6, 6.07) is -0.0832. The van der Waals surface area contributed by atoms with E-state index in [1.807, 2.05) is 20.8 Å². The molecule has 0 heterocycles. The zero-order valence-corrected chi connectivity index (χ0v) is 11.6. The molecule has 0 aromatic heterocycles. The largest absolute Gasteiger partial charge is 0.388 e. The maximum absolute atomic E-state index is 12.3. The summed E-state index contributed by atoms with van der Waals surface area (Å²) in [4.78, 5) is 12.3. The van der Waals surface area contributed by atoms with Crippen molar-refractivity contribution in [2.24, 2.45) is 11.1 Å². The minimum absolute atomic E-state index is 0.0466. The smallest absolute Gasteiger partial charge is 0.228 e. The molecule has 1 saturated carbocycles. The average Bonchev–Trinajstić information content (AvgIpc) is 2.45. The van der Waals surface area contributed by atoms with Gasteiger partial charge in [-0.15, -0.1) is 0 Å². The summed E-state index contributed by atoms with van der Waals surface area (Å²) in [5.41, 5.74) is 3.88. The first-order valence-corrected chi connectivity index (χ1v) is 6.31. The van der Waals surface area contributed by atoms with Gasteiger partial charge in [-0.05, 0) is 47.5 Å². The van der Waals surface area contributed by atoms with E-state index in [0.717, 1.165) is 19.3 Å². The van der Waals surface area contributed by atoms with Crippen molar-refractivity contribution in [2.75, 3.05) is 0 Å². The summed E-state index contributed by atoms with van der Waals surface area (Å²) in [6.07, 6.45) is 2.71. The molecule has 0 aliphatic heterocycles. The highest BCUT2D eigenvalue weighted by atomic mass is 16.3. The van der Waals surface area contributed by atoms with Gasteiger partial charge in [-0.1, -0.05) is 6.42 Å². The molecular weight excluding hydrogens is 216 g/mol. The van der Waals surface area contributed by atoms with Crippen LogP contribution in [0, 0.1) is 5.41 Å². The molecule has 0 aromatic carbocycles. The monoisotopic (exact) mass is 242 g/mol. The molecule has 4 N–H and O–H groups in total. The molecule has 2 atom stereocenters. The lowest BCUT2D eigenvalue weighted by Crippen LogP contribution is -2.61. The Balaban J connectivity index is 2.80. The Kier molecular flexibility index (Phi) is 3.61. The van der Waals surface area contributed by atoms with Gasteiger partial charge in [0.05, 0.1) is 16.6 Å². The van der Waals surface area contributed by atoms with E-state index in [1.54, 1.807) is 13.8 Å². The van der Waals surface area contributed by atoms with Gasteiger partial charge in [-0.25, -0.2) is 0 Å². The van der Waals surface area contributed by atoms with Crippen molar-refractivity contribution in [3.63, 3.8) is 0 Å². The number of amides is 1. The summed E-state index contributed by atoms with van der Waals surface area (Å²) in [5.74, 6) is -0.0466. The molecule has 4 nitrogen and oxygen atoms in total. The van der Waals surface area contributed by atoms with Crippen LogP contribution in [-0.4, -0.2) is 28.2 Å². The molecule has 0 spiro atoms. The van der Waals surface area contributed by atoms with Gasteiger partial charge >= 0.3 is 0 Å². The van der Waals surface area contributed by atoms with E-state index in [1.165, 1.54) is 0 Å². The van der Waals surface area contributed by atoms with Crippen LogP contribution < -0.4 is 11.1 Å². The van der Waals surface area contributed by atoms with Crippen molar-refractivity contribution < 1.29 is 9.90 Å². The van der Waals surface area contributed by atoms with E-state index in [2.05, 4.69) is 5.32 Å². The normalized spacial score (nSPS) is 30.4. The van der Waals surface area contributed by atoms with Crippen molar-refractivity contribution in [1.82, 2.24) is 5.32 Å². The lowest BCUT2D eigenvalue weighted by molar-refractivity contribution is -0.135. The zero-order chi connectivity index (χ0) is 13.5. The Morgan fingerprint density at radius 3 is 2.29 bits per heavy atom. The first-order chi connectivity index (χ1) is 7.51. The third-order valence-electron chi connectivity index (χ3n) is 4.50. The quantitative estimate of drug-likeness (QED) is 0.695. The van der Waals surface area contributed by atoms with E-state index in [0.29, 0.717) is 0 Å². The Hall–Kier alpha value is -0.610. The maximum Gasteiger partial charge on any atom is 0.228 e. The molecule has 1 amide bonds. The summed E-state index contributed by atoms with van der Waals surface area (Å²) < 4.78 is 0. The zero-order valence-electron chi connectivity index (χ0n) is 11.6. The molecule has 4 heteroatoms. The topological polar surface area (TPSA) is 75.3 Å². The number of rotatable bonds is 3. The van der Waals surface area contributed by atoms with Gasteiger partial charge in [-0.3, -0.25) is 4.79 Å². The number of hydrogen-bond acceptors (Lipinski definition) is 3. The van der Waals surface area contributed by atoms with Crippen LogP contribution in [0.3, 0.4) is 0 Å². The molecule has 2 unspecified atom stereocenters. The fourth-order valence-electron chi connectivity index (χ4n) is 2.05. The highest BCUT2D eigenvalue weighted by molar-refractivity contribution is 5.84. The Labute approximate surface area is 104 Å². The first kappa shape index (κ1) is 14.5. The molecule has 0 bridgehead atoms. The molecule has 0 saturated heterocycles. The molecule has 0 radical (unpaired) electrons. The van der Waals surface area contributed by atoms with Gasteiger partial charge in [0.15, 0.2) is 0 Å². The maximum atomic E-state index is 12.3. The molecule has 1 aliphatic carbocycles. The standard InChI is InChI=1S/C13H26N2O2/c1-11(2,12(3,4)17)15-10(16)13(5)8-6-7-9(13)14/h9,17H,6-8,14H2,1-5H3,(H,15,16). The van der Waals surface area contributed by atoms with Crippen molar-refractivity contribution >= 4 is 5.91 Å². The molecule has 1 aliphatic rings. The van der Waals surface area contributed by atoms with Crippen LogP contribution in [0.1, 0.15) is 53.9 Å². The van der Waals surface area contributed by atoms with Crippen LogP contribution in [0.15, 0.2) is 0 Å². The first-order valence-electron chi connectivity index (χ1n) is 6.31. The number of aliphatic hydroxyl groups is 1. The predicted molar refractivity (Wildman–Crippen MR) is 68.5 cm³/mol. The van der Waals surface area contributed by atoms with Gasteiger partial charge in [0.2, 0.25) is 5.91 Å². The van der Waals surface area contributed by atoms with Crippen LogP contribution >= 0.6 is 0 Å². The molecular formula is C13H26N2O2. The minimum atomic E-state index is -0.971. The van der Waals surface area contributed by atoms with Crippen LogP contribution in [0.2, 0.25) is 0 Å². The lowest BCUT2D eigenvalue weighted by Gasteiger charge is -2.41. The van der Waals surface area contributed by atoms with Crippen LogP contribution in [0.5, 0.6) is 0 Å². The Morgan fingerprint density at radius 2 is 1.94 bits per heavy atom. The van der Waals surface area contributed by atoms with Gasteiger partial charge in [-0.2, -0.15) is 0 Å². The van der Waals surface area contributed by atoms with Crippen molar-refractivity contribution in [1.29, 1.82) is 0 Å². The van der Waals surface area contributed by atoms with Crippen LogP contribution in [-0.2, 0) is 4.79 Å². The van der Waals surface area contributed by atoms with Crippen LogP contribution in [0.25, 0.3) is 0 Å². The molecule has 0 aromatic rings. The summed E-state index contributed by atoms with van der Waals surface area (Å²) in [5, 5.41) is 13.0. The third-order valence-corrected chi connectivity index (χ3v) is 4.50. The van der Waals surface area contributed by atoms with Crippen LogP contribution in [0.4, 0.5) is 0 Å².